The SMILES string of the molecule is COc1cc(OCCCCCCCCCNCC(O)c2ccc(O)c3[nH]c(=O)ccc23)cc(C(NC(=O)O)c2ccccc2)c1. The third-order valence-corrected chi connectivity index (χ3v) is 7.74. The van der Waals surface area contributed by atoms with Gasteiger partial charge >= 0.3 is 6.09 Å². The van der Waals surface area contributed by atoms with E-state index in [-0.39, 0.29) is 11.3 Å². The molecule has 4 rings (SSSR count). The summed E-state index contributed by atoms with van der Waals surface area (Å²) in [7, 11) is 1.58. The number of aliphatic hydroxyl groups is 1. The summed E-state index contributed by atoms with van der Waals surface area (Å²) in [5.74, 6) is 1.23. The van der Waals surface area contributed by atoms with Crippen molar-refractivity contribution in [3.63, 3.8) is 0 Å². The molecule has 0 fully saturated rings. The predicted octanol–water partition coefficient (Wildman–Crippen LogP) is 6.03. The number of methoxy groups -OCH3 is 1. The van der Waals surface area contributed by atoms with Gasteiger partial charge in [-0.05, 0) is 60.3 Å². The summed E-state index contributed by atoms with van der Waals surface area (Å²) < 4.78 is 11.5. The van der Waals surface area contributed by atoms with Crippen LogP contribution in [0.4, 0.5) is 4.79 Å². The average molecular weight is 618 g/mol. The highest BCUT2D eigenvalue weighted by atomic mass is 16.5. The van der Waals surface area contributed by atoms with Crippen molar-refractivity contribution in [3.8, 4) is 17.2 Å². The van der Waals surface area contributed by atoms with Gasteiger partial charge in [0.05, 0.1) is 31.4 Å². The van der Waals surface area contributed by atoms with Gasteiger partial charge in [-0.25, -0.2) is 4.79 Å². The van der Waals surface area contributed by atoms with Crippen molar-refractivity contribution < 1.29 is 29.6 Å². The fraction of sp³-hybridized carbons (Fsp3) is 0.371. The minimum absolute atomic E-state index is 0.0189. The lowest BCUT2D eigenvalue weighted by Crippen LogP contribution is -2.27. The number of phenolic OH excluding ortho intramolecular Hbond substituents is 1. The minimum atomic E-state index is -1.11. The van der Waals surface area contributed by atoms with E-state index in [4.69, 9.17) is 9.47 Å². The van der Waals surface area contributed by atoms with Crippen LogP contribution >= 0.6 is 0 Å². The molecule has 4 aromatic rings. The number of H-pyrrole nitrogens is 1. The molecule has 6 N–H and O–H groups in total. The number of carboxylic acid groups (broad SMARTS) is 1. The molecule has 10 heteroatoms. The van der Waals surface area contributed by atoms with E-state index in [1.165, 1.54) is 12.1 Å². The first-order valence-corrected chi connectivity index (χ1v) is 15.5. The number of nitrogens with one attached hydrogen (secondary N) is 3. The van der Waals surface area contributed by atoms with Crippen LogP contribution in [0.2, 0.25) is 0 Å². The summed E-state index contributed by atoms with van der Waals surface area (Å²) >= 11 is 0. The maximum Gasteiger partial charge on any atom is 0.405 e. The smallest absolute Gasteiger partial charge is 0.405 e. The lowest BCUT2D eigenvalue weighted by atomic mass is 9.98. The molecular weight excluding hydrogens is 574 g/mol. The number of carbonyl (C=O) groups is 1. The first-order valence-electron chi connectivity index (χ1n) is 15.5. The van der Waals surface area contributed by atoms with Crippen molar-refractivity contribution in [1.29, 1.82) is 0 Å². The summed E-state index contributed by atoms with van der Waals surface area (Å²) in [5, 5.41) is 36.6. The van der Waals surface area contributed by atoms with E-state index in [0.717, 1.165) is 62.6 Å². The molecule has 240 valence electrons. The number of hydrogen-bond donors (Lipinski definition) is 6. The summed E-state index contributed by atoms with van der Waals surface area (Å²) in [5.41, 5.74) is 2.27. The highest BCUT2D eigenvalue weighted by Crippen LogP contribution is 2.31. The number of aromatic amines is 1. The zero-order chi connectivity index (χ0) is 32.0. The first-order chi connectivity index (χ1) is 21.9. The van der Waals surface area contributed by atoms with Gasteiger partial charge in [0.15, 0.2) is 0 Å². The monoisotopic (exact) mass is 617 g/mol. The van der Waals surface area contributed by atoms with Gasteiger partial charge < -0.3 is 40.4 Å². The van der Waals surface area contributed by atoms with Crippen LogP contribution in [0.25, 0.3) is 10.9 Å². The molecule has 0 aliphatic rings. The molecule has 1 heterocycles. The highest BCUT2D eigenvalue weighted by molar-refractivity contribution is 5.87. The number of hydrogen-bond acceptors (Lipinski definition) is 7. The molecule has 45 heavy (non-hydrogen) atoms. The maximum atomic E-state index is 11.6. The molecule has 0 spiro atoms. The Kier molecular flexibility index (Phi) is 12.7. The van der Waals surface area contributed by atoms with E-state index in [0.29, 0.717) is 41.1 Å². The van der Waals surface area contributed by atoms with E-state index >= 15 is 0 Å². The molecule has 0 aliphatic heterocycles. The molecule has 0 aliphatic carbocycles. The zero-order valence-corrected chi connectivity index (χ0v) is 25.6. The topological polar surface area (TPSA) is 153 Å². The van der Waals surface area contributed by atoms with Crippen molar-refractivity contribution in [3.05, 3.63) is 99.8 Å². The standard InChI is InChI=1S/C35H43N3O7/c1-44-26-20-25(33(38-35(42)43)24-12-8-7-9-13-24)21-27(22-26)45-19-11-6-4-2-3-5-10-18-36-23-31(40)28-14-16-30(39)34-29(28)15-17-32(41)37-34/h7-9,12-17,20-22,31,33,36,38-40H,2-6,10-11,18-19,23H2,1H3,(H,37,41)(H,42,43). The van der Waals surface area contributed by atoms with Crippen LogP contribution in [0.5, 0.6) is 17.2 Å². The van der Waals surface area contributed by atoms with E-state index in [9.17, 15) is 24.9 Å². The number of pyridine rings is 1. The second kappa shape index (κ2) is 17.1. The summed E-state index contributed by atoms with van der Waals surface area (Å²) in [6.07, 6.45) is 5.62. The van der Waals surface area contributed by atoms with Gasteiger partial charge in [0.1, 0.15) is 17.2 Å². The fourth-order valence-electron chi connectivity index (χ4n) is 5.41. The number of aliphatic hydroxyl groups excluding tert-OH is 1. The van der Waals surface area contributed by atoms with Gasteiger partial charge in [-0.1, -0.05) is 68.5 Å². The molecule has 3 aromatic carbocycles. The van der Waals surface area contributed by atoms with Crippen molar-refractivity contribution in [2.45, 2.75) is 57.1 Å². The molecule has 10 nitrogen and oxygen atoms in total. The third kappa shape index (κ3) is 9.99. The number of amides is 1. The molecule has 0 bridgehead atoms. The summed E-state index contributed by atoms with van der Waals surface area (Å²) in [6, 6.07) is 20.5. The molecule has 0 radical (unpaired) electrons. The van der Waals surface area contributed by atoms with E-state index in [1.54, 1.807) is 19.2 Å². The molecule has 2 unspecified atom stereocenters. The lowest BCUT2D eigenvalue weighted by Gasteiger charge is -2.20. The van der Waals surface area contributed by atoms with Crippen molar-refractivity contribution in [2.75, 3.05) is 26.8 Å². The van der Waals surface area contributed by atoms with E-state index in [2.05, 4.69) is 15.6 Å². The Morgan fingerprint density at radius 1 is 0.867 bits per heavy atom. The largest absolute Gasteiger partial charge is 0.506 e. The van der Waals surface area contributed by atoms with Crippen LogP contribution in [0.3, 0.4) is 0 Å². The quantitative estimate of drug-likeness (QED) is 0.0740. The van der Waals surface area contributed by atoms with Gasteiger partial charge in [0, 0.05) is 24.1 Å². The molecule has 0 saturated heterocycles. The second-order valence-electron chi connectivity index (χ2n) is 11.1. The van der Waals surface area contributed by atoms with E-state index < -0.39 is 18.2 Å². The number of unbranched alkanes of at least 4 members (excludes halogenated alkanes) is 6. The number of phenols is 1. The number of aromatic hydroxyl groups is 1. The Hall–Kier alpha value is -4.54. The van der Waals surface area contributed by atoms with Crippen LogP contribution in [-0.2, 0) is 0 Å². The molecule has 2 atom stereocenters. The third-order valence-electron chi connectivity index (χ3n) is 7.74. The molecular formula is C35H43N3O7. The second-order valence-corrected chi connectivity index (χ2v) is 11.1. The van der Waals surface area contributed by atoms with Crippen LogP contribution in [0, 0.1) is 0 Å². The molecule has 1 aromatic heterocycles. The molecule has 1 amide bonds. The van der Waals surface area contributed by atoms with E-state index in [1.807, 2.05) is 48.5 Å². The first kappa shape index (κ1) is 33.4. The number of aromatic nitrogens is 1. The van der Waals surface area contributed by atoms with Crippen molar-refractivity contribution >= 4 is 17.0 Å². The average Bonchev–Trinajstić information content (AvgIpc) is 3.04. The van der Waals surface area contributed by atoms with Gasteiger partial charge in [-0.2, -0.15) is 0 Å². The van der Waals surface area contributed by atoms with Crippen LogP contribution < -0.4 is 25.7 Å². The van der Waals surface area contributed by atoms with Crippen molar-refractivity contribution in [2.24, 2.45) is 0 Å². The van der Waals surface area contributed by atoms with Crippen LogP contribution in [0.15, 0.2) is 77.6 Å². The predicted molar refractivity (Wildman–Crippen MR) is 174 cm³/mol. The molecule has 0 saturated carbocycles. The number of ether oxygens (including phenoxy) is 2. The lowest BCUT2D eigenvalue weighted by molar-refractivity contribution is 0.176. The highest BCUT2D eigenvalue weighted by Gasteiger charge is 2.19. The number of fused-ring (bicyclic) bond motifs is 1. The Balaban J connectivity index is 1.11. The van der Waals surface area contributed by atoms with Crippen LogP contribution in [0.1, 0.15) is 73.8 Å². The van der Waals surface area contributed by atoms with Gasteiger partial charge in [0.2, 0.25) is 5.56 Å². The Bertz CT molecular complexity index is 1580. The van der Waals surface area contributed by atoms with Gasteiger partial charge in [0.25, 0.3) is 0 Å². The Morgan fingerprint density at radius 2 is 1.58 bits per heavy atom. The Labute approximate surface area is 263 Å². The maximum absolute atomic E-state index is 11.6. The van der Waals surface area contributed by atoms with Crippen molar-refractivity contribution in [1.82, 2.24) is 15.6 Å². The number of rotatable bonds is 18. The summed E-state index contributed by atoms with van der Waals surface area (Å²) in [6.45, 7) is 1.75. The minimum Gasteiger partial charge on any atom is -0.506 e. The van der Waals surface area contributed by atoms with Gasteiger partial charge in [-0.15, -0.1) is 0 Å². The van der Waals surface area contributed by atoms with Gasteiger partial charge in [-0.3, -0.25) is 4.79 Å². The Morgan fingerprint density at radius 3 is 2.31 bits per heavy atom. The summed E-state index contributed by atoms with van der Waals surface area (Å²) in [4.78, 5) is 25.7. The number of benzene rings is 3. The zero-order valence-electron chi connectivity index (χ0n) is 25.6. The normalized spacial score (nSPS) is 12.5. The fourth-order valence-corrected chi connectivity index (χ4v) is 5.41. The van der Waals surface area contributed by atoms with Crippen LogP contribution in [-0.4, -0.2) is 53.2 Å².